The van der Waals surface area contributed by atoms with Crippen LogP contribution in [-0.4, -0.2) is 46.4 Å². The first-order chi connectivity index (χ1) is 14.9. The van der Waals surface area contributed by atoms with Gasteiger partial charge in [-0.3, -0.25) is 4.98 Å². The normalized spacial score (nSPS) is 14.3. The van der Waals surface area contributed by atoms with E-state index < -0.39 is 10.0 Å². The zero-order chi connectivity index (χ0) is 21.6. The average molecular weight is 435 g/mol. The average Bonchev–Trinajstić information content (AvgIpc) is 3.53. The molecule has 3 heterocycles. The molecular formula is C22H22N6O2S. The molecule has 0 unspecified atom stereocenters. The number of hydrogen-bond donors (Lipinski definition) is 1. The zero-order valence-corrected chi connectivity index (χ0v) is 18.0. The predicted molar refractivity (Wildman–Crippen MR) is 119 cm³/mol. The lowest BCUT2D eigenvalue weighted by Crippen LogP contribution is -2.22. The molecule has 3 aromatic heterocycles. The van der Waals surface area contributed by atoms with E-state index in [9.17, 15) is 8.42 Å². The van der Waals surface area contributed by atoms with Gasteiger partial charge in [0, 0.05) is 44.0 Å². The number of hydrogen-bond acceptors (Lipinski definition) is 6. The van der Waals surface area contributed by atoms with Crippen molar-refractivity contribution < 1.29 is 8.42 Å². The van der Waals surface area contributed by atoms with Crippen molar-refractivity contribution in [3.05, 3.63) is 66.5 Å². The van der Waals surface area contributed by atoms with Crippen molar-refractivity contribution in [3.63, 3.8) is 0 Å². The molecule has 0 radical (unpaired) electrons. The van der Waals surface area contributed by atoms with Crippen LogP contribution in [0.4, 0.5) is 11.5 Å². The molecule has 0 amide bonds. The van der Waals surface area contributed by atoms with E-state index in [1.807, 2.05) is 30.3 Å². The molecule has 0 atom stereocenters. The molecule has 1 saturated carbocycles. The number of nitrogens with one attached hydrogen (secondary N) is 1. The van der Waals surface area contributed by atoms with Crippen LogP contribution in [0.15, 0.2) is 65.7 Å². The largest absolute Gasteiger partial charge is 0.340 e. The van der Waals surface area contributed by atoms with Gasteiger partial charge in [-0.25, -0.2) is 17.7 Å². The van der Waals surface area contributed by atoms with Crippen LogP contribution >= 0.6 is 0 Å². The third kappa shape index (κ3) is 3.77. The van der Waals surface area contributed by atoms with Crippen LogP contribution in [-0.2, 0) is 10.0 Å². The highest BCUT2D eigenvalue weighted by molar-refractivity contribution is 7.89. The number of pyridine rings is 1. The molecule has 5 rings (SSSR count). The van der Waals surface area contributed by atoms with Crippen LogP contribution in [0.2, 0.25) is 0 Å². The SMILES string of the molecule is CN(C)S(=O)(=O)c1ccc(Nc2cc(-c3ccccn3)nc3cc(C4CC4)nn23)cc1. The molecule has 1 N–H and O–H groups in total. The third-order valence-corrected chi connectivity index (χ3v) is 7.10. The van der Waals surface area contributed by atoms with Gasteiger partial charge in [0.2, 0.25) is 10.0 Å². The number of anilines is 2. The molecule has 31 heavy (non-hydrogen) atoms. The molecule has 9 heteroatoms. The van der Waals surface area contributed by atoms with Crippen LogP contribution < -0.4 is 5.32 Å². The van der Waals surface area contributed by atoms with Gasteiger partial charge in [0.05, 0.1) is 22.0 Å². The summed E-state index contributed by atoms with van der Waals surface area (Å²) < 4.78 is 27.6. The molecule has 1 fully saturated rings. The lowest BCUT2D eigenvalue weighted by Gasteiger charge is -2.13. The highest BCUT2D eigenvalue weighted by Crippen LogP contribution is 2.40. The third-order valence-electron chi connectivity index (χ3n) is 5.27. The van der Waals surface area contributed by atoms with Gasteiger partial charge >= 0.3 is 0 Å². The number of rotatable bonds is 6. The molecule has 158 valence electrons. The van der Waals surface area contributed by atoms with Crippen molar-refractivity contribution in [3.8, 4) is 11.4 Å². The molecule has 0 aliphatic heterocycles. The fourth-order valence-corrected chi connectivity index (χ4v) is 4.28. The van der Waals surface area contributed by atoms with Crippen molar-refractivity contribution in [2.45, 2.75) is 23.7 Å². The summed E-state index contributed by atoms with van der Waals surface area (Å²) >= 11 is 0. The maximum Gasteiger partial charge on any atom is 0.242 e. The second-order valence-electron chi connectivity index (χ2n) is 7.79. The van der Waals surface area contributed by atoms with Crippen LogP contribution in [0.3, 0.4) is 0 Å². The molecule has 4 aromatic rings. The first-order valence-electron chi connectivity index (χ1n) is 10.0. The quantitative estimate of drug-likeness (QED) is 0.498. The highest BCUT2D eigenvalue weighted by atomic mass is 32.2. The Hall–Kier alpha value is -3.30. The summed E-state index contributed by atoms with van der Waals surface area (Å²) in [6, 6.07) is 16.3. The van der Waals surface area contributed by atoms with E-state index in [2.05, 4.69) is 10.3 Å². The lowest BCUT2D eigenvalue weighted by molar-refractivity contribution is 0.521. The Morgan fingerprint density at radius 2 is 1.81 bits per heavy atom. The minimum absolute atomic E-state index is 0.243. The number of benzene rings is 1. The van der Waals surface area contributed by atoms with Crippen molar-refractivity contribution in [1.82, 2.24) is 23.9 Å². The van der Waals surface area contributed by atoms with Crippen LogP contribution in [0, 0.1) is 0 Å². The Balaban J connectivity index is 1.55. The van der Waals surface area contributed by atoms with Gasteiger partial charge in [-0.05, 0) is 49.2 Å². The molecule has 0 bridgehead atoms. The Morgan fingerprint density at radius 3 is 2.45 bits per heavy atom. The molecule has 1 aromatic carbocycles. The molecule has 1 aliphatic rings. The molecule has 0 spiro atoms. The van der Waals surface area contributed by atoms with Crippen LogP contribution in [0.25, 0.3) is 17.0 Å². The zero-order valence-electron chi connectivity index (χ0n) is 17.2. The van der Waals surface area contributed by atoms with Crippen molar-refractivity contribution in [1.29, 1.82) is 0 Å². The monoisotopic (exact) mass is 434 g/mol. The number of sulfonamides is 1. The summed E-state index contributed by atoms with van der Waals surface area (Å²) in [4.78, 5) is 9.42. The molecule has 1 aliphatic carbocycles. The van der Waals surface area contributed by atoms with E-state index in [0.717, 1.165) is 47.1 Å². The highest BCUT2D eigenvalue weighted by Gasteiger charge is 2.27. The summed E-state index contributed by atoms with van der Waals surface area (Å²) in [5.41, 5.74) is 4.06. The van der Waals surface area contributed by atoms with Crippen molar-refractivity contribution in [2.75, 3.05) is 19.4 Å². The predicted octanol–water partition coefficient (Wildman–Crippen LogP) is 3.66. The van der Waals surface area contributed by atoms with Gasteiger partial charge in [-0.1, -0.05) is 6.07 Å². The second-order valence-corrected chi connectivity index (χ2v) is 9.94. The molecule has 0 saturated heterocycles. The van der Waals surface area contributed by atoms with E-state index in [1.54, 1.807) is 35.0 Å². The van der Waals surface area contributed by atoms with Gasteiger partial charge in [-0.2, -0.15) is 9.61 Å². The van der Waals surface area contributed by atoms with Crippen molar-refractivity contribution in [2.24, 2.45) is 0 Å². The fourth-order valence-electron chi connectivity index (χ4n) is 3.37. The maximum absolute atomic E-state index is 12.3. The Kier molecular flexibility index (Phi) is 4.71. The van der Waals surface area contributed by atoms with Gasteiger partial charge < -0.3 is 5.32 Å². The Labute approximate surface area is 180 Å². The van der Waals surface area contributed by atoms with Gasteiger partial charge in [0.15, 0.2) is 5.65 Å². The van der Waals surface area contributed by atoms with Gasteiger partial charge in [0.25, 0.3) is 0 Å². The standard InChI is InChI=1S/C22H22N6O2S/c1-27(2)31(29,30)17-10-8-16(9-11-17)24-21-14-20(18-5-3-4-12-23-18)25-22-13-19(15-6-7-15)26-28(21)22/h3-5,8-15,24H,6-7H2,1-2H3. The van der Waals surface area contributed by atoms with E-state index in [4.69, 9.17) is 10.1 Å². The first kappa shape index (κ1) is 19.7. The van der Waals surface area contributed by atoms with E-state index in [1.165, 1.54) is 18.4 Å². The first-order valence-corrected chi connectivity index (χ1v) is 11.5. The number of fused-ring (bicyclic) bond motifs is 1. The summed E-state index contributed by atoms with van der Waals surface area (Å²) in [5.74, 6) is 1.24. The van der Waals surface area contributed by atoms with Crippen molar-refractivity contribution >= 4 is 27.2 Å². The minimum atomic E-state index is -3.47. The number of aromatic nitrogens is 4. The fraction of sp³-hybridized carbons (Fsp3) is 0.227. The lowest BCUT2D eigenvalue weighted by atomic mass is 10.2. The van der Waals surface area contributed by atoms with E-state index in [0.29, 0.717) is 5.92 Å². The molecule has 8 nitrogen and oxygen atoms in total. The summed E-state index contributed by atoms with van der Waals surface area (Å²) in [6.07, 6.45) is 4.05. The summed E-state index contributed by atoms with van der Waals surface area (Å²) in [5, 5.41) is 8.12. The van der Waals surface area contributed by atoms with E-state index in [-0.39, 0.29) is 4.90 Å². The van der Waals surface area contributed by atoms with Crippen LogP contribution in [0.5, 0.6) is 0 Å². The molecular weight excluding hydrogens is 412 g/mol. The smallest absolute Gasteiger partial charge is 0.242 e. The summed E-state index contributed by atoms with van der Waals surface area (Å²) in [7, 11) is -0.439. The summed E-state index contributed by atoms with van der Waals surface area (Å²) in [6.45, 7) is 0. The Bertz CT molecular complexity index is 1340. The van der Waals surface area contributed by atoms with Gasteiger partial charge in [0.1, 0.15) is 5.82 Å². The number of nitrogens with zero attached hydrogens (tertiary/aromatic N) is 5. The second kappa shape index (κ2) is 7.44. The maximum atomic E-state index is 12.3. The van der Waals surface area contributed by atoms with Crippen LogP contribution in [0.1, 0.15) is 24.5 Å². The van der Waals surface area contributed by atoms with E-state index >= 15 is 0 Å². The Morgan fingerprint density at radius 1 is 1.03 bits per heavy atom. The van der Waals surface area contributed by atoms with Gasteiger partial charge in [-0.15, -0.1) is 0 Å². The topological polar surface area (TPSA) is 92.5 Å². The minimum Gasteiger partial charge on any atom is -0.340 e.